The van der Waals surface area contributed by atoms with Crippen molar-refractivity contribution in [2.24, 2.45) is 0 Å². The number of halogens is 1. The van der Waals surface area contributed by atoms with Crippen molar-refractivity contribution in [3.63, 3.8) is 0 Å². The second-order valence-electron chi connectivity index (χ2n) is 3.38. The largest absolute Gasteiger partial charge is 0.453 e. The number of methoxy groups -OCH3 is 1. The molecule has 0 aromatic carbocycles. The van der Waals surface area contributed by atoms with Crippen LogP contribution < -0.4 is 5.32 Å². The van der Waals surface area contributed by atoms with Crippen LogP contribution in [0.15, 0.2) is 12.2 Å². The number of carbonyl (C=O) groups excluding carboxylic acids is 1. The van der Waals surface area contributed by atoms with E-state index in [0.29, 0.717) is 3.92 Å². The van der Waals surface area contributed by atoms with E-state index < -0.39 is 0 Å². The smallest absolute Gasteiger partial charge is 0.407 e. The molecule has 1 rings (SSSR count). The van der Waals surface area contributed by atoms with E-state index in [1.165, 1.54) is 7.11 Å². The second kappa shape index (κ2) is 6.27. The van der Waals surface area contributed by atoms with Gasteiger partial charge in [-0.3, -0.25) is 0 Å². The van der Waals surface area contributed by atoms with Crippen molar-refractivity contribution < 1.29 is 9.53 Å². The molecule has 0 aliphatic heterocycles. The summed E-state index contributed by atoms with van der Waals surface area (Å²) in [6, 6.07) is 0.244. The number of alkyl halides is 1. The van der Waals surface area contributed by atoms with Gasteiger partial charge in [0.15, 0.2) is 0 Å². The average Bonchev–Trinajstić information content (AvgIpc) is 2.17. The lowest BCUT2D eigenvalue weighted by Crippen LogP contribution is -2.41. The first-order valence-corrected chi connectivity index (χ1v) is 6.12. The zero-order valence-electron chi connectivity index (χ0n) is 8.33. The molecule has 80 valence electrons. The molecule has 1 amide bonds. The van der Waals surface area contributed by atoms with Gasteiger partial charge in [-0.15, -0.1) is 0 Å². The molecule has 0 fully saturated rings. The molecular weight excluding hydrogens is 293 g/mol. The van der Waals surface area contributed by atoms with E-state index in [9.17, 15) is 4.79 Å². The molecule has 2 atom stereocenters. The predicted octanol–water partition coefficient (Wildman–Crippen LogP) is 2.64. The average molecular weight is 309 g/mol. The Morgan fingerprint density at radius 1 is 1.43 bits per heavy atom. The van der Waals surface area contributed by atoms with Crippen LogP contribution in [0.4, 0.5) is 4.79 Å². The van der Waals surface area contributed by atoms with Crippen molar-refractivity contribution in [3.05, 3.63) is 12.2 Å². The molecule has 3 nitrogen and oxygen atoms in total. The molecule has 0 bridgehead atoms. The Hall–Kier alpha value is -0.260. The van der Waals surface area contributed by atoms with E-state index in [2.05, 4.69) is 44.8 Å². The standard InChI is InChI=1S/C10H16INO2/c1-14-10(13)12-9-7-5-3-2-4-6-8(9)11/h2-3,8-9H,4-7H2,1H3,(H,12,13). The maximum Gasteiger partial charge on any atom is 0.407 e. The van der Waals surface area contributed by atoms with Crippen LogP contribution in [0.3, 0.4) is 0 Å². The molecule has 0 aromatic rings. The molecule has 14 heavy (non-hydrogen) atoms. The van der Waals surface area contributed by atoms with Gasteiger partial charge < -0.3 is 10.1 Å². The Bertz CT molecular complexity index is 218. The monoisotopic (exact) mass is 309 g/mol. The Morgan fingerprint density at radius 2 is 2.07 bits per heavy atom. The lowest BCUT2D eigenvalue weighted by atomic mass is 10.0. The van der Waals surface area contributed by atoms with E-state index in [1.807, 2.05) is 0 Å². The van der Waals surface area contributed by atoms with Crippen molar-refractivity contribution >= 4 is 28.7 Å². The number of alkyl carbamates (subject to hydrolysis) is 1. The fourth-order valence-corrected chi connectivity index (χ4v) is 2.42. The molecule has 0 spiro atoms. The lowest BCUT2D eigenvalue weighted by molar-refractivity contribution is 0.165. The van der Waals surface area contributed by atoms with Gasteiger partial charge >= 0.3 is 6.09 Å². The number of carbonyl (C=O) groups is 1. The summed E-state index contributed by atoms with van der Waals surface area (Å²) >= 11 is 2.41. The lowest BCUT2D eigenvalue weighted by Gasteiger charge is -2.23. The Labute approximate surface area is 98.4 Å². The Morgan fingerprint density at radius 3 is 2.71 bits per heavy atom. The van der Waals surface area contributed by atoms with E-state index in [0.717, 1.165) is 25.7 Å². The predicted molar refractivity (Wildman–Crippen MR) is 64.7 cm³/mol. The van der Waals surface area contributed by atoms with E-state index in [-0.39, 0.29) is 12.1 Å². The topological polar surface area (TPSA) is 38.3 Å². The summed E-state index contributed by atoms with van der Waals surface area (Å²) in [5, 5.41) is 2.88. The van der Waals surface area contributed by atoms with Gasteiger partial charge in [-0.05, 0) is 25.7 Å². The van der Waals surface area contributed by atoms with Crippen molar-refractivity contribution in [2.75, 3.05) is 7.11 Å². The van der Waals surface area contributed by atoms with Crippen molar-refractivity contribution in [1.29, 1.82) is 0 Å². The first-order chi connectivity index (χ1) is 6.74. The number of hydrogen-bond donors (Lipinski definition) is 1. The number of hydrogen-bond acceptors (Lipinski definition) is 2. The van der Waals surface area contributed by atoms with Crippen molar-refractivity contribution in [1.82, 2.24) is 5.32 Å². The fourth-order valence-electron chi connectivity index (χ4n) is 1.52. The molecule has 0 saturated heterocycles. The van der Waals surface area contributed by atoms with E-state index >= 15 is 0 Å². The van der Waals surface area contributed by atoms with Gasteiger partial charge in [0.05, 0.1) is 7.11 Å². The highest BCUT2D eigenvalue weighted by atomic mass is 127. The minimum Gasteiger partial charge on any atom is -0.453 e. The van der Waals surface area contributed by atoms with E-state index in [1.54, 1.807) is 0 Å². The van der Waals surface area contributed by atoms with Crippen LogP contribution in [-0.4, -0.2) is 23.2 Å². The van der Waals surface area contributed by atoms with Crippen LogP contribution in [0.1, 0.15) is 25.7 Å². The molecule has 4 heteroatoms. The summed E-state index contributed by atoms with van der Waals surface area (Å²) in [4.78, 5) is 11.1. The van der Waals surface area contributed by atoms with E-state index in [4.69, 9.17) is 0 Å². The molecular formula is C10H16INO2. The summed E-state index contributed by atoms with van der Waals surface area (Å²) in [6.07, 6.45) is 8.35. The molecule has 1 aliphatic rings. The van der Waals surface area contributed by atoms with Crippen LogP contribution in [0.25, 0.3) is 0 Å². The van der Waals surface area contributed by atoms with Gasteiger partial charge in [-0.2, -0.15) is 0 Å². The Balaban J connectivity index is 2.47. The van der Waals surface area contributed by atoms with Crippen LogP contribution >= 0.6 is 22.6 Å². The van der Waals surface area contributed by atoms with Gasteiger partial charge in [-0.1, -0.05) is 34.7 Å². The minimum atomic E-state index is -0.318. The quantitative estimate of drug-likeness (QED) is 0.459. The second-order valence-corrected chi connectivity index (χ2v) is 4.98. The van der Waals surface area contributed by atoms with Crippen LogP contribution in [0.2, 0.25) is 0 Å². The maximum absolute atomic E-state index is 11.1. The van der Waals surface area contributed by atoms with Crippen LogP contribution in [-0.2, 0) is 4.74 Å². The highest BCUT2D eigenvalue weighted by Crippen LogP contribution is 2.20. The summed E-state index contributed by atoms with van der Waals surface area (Å²) in [5.74, 6) is 0. The minimum absolute atomic E-state index is 0.244. The van der Waals surface area contributed by atoms with Crippen LogP contribution in [0, 0.1) is 0 Å². The fraction of sp³-hybridized carbons (Fsp3) is 0.700. The maximum atomic E-state index is 11.1. The highest BCUT2D eigenvalue weighted by Gasteiger charge is 2.20. The summed E-state index contributed by atoms with van der Waals surface area (Å²) < 4.78 is 5.10. The molecule has 0 heterocycles. The first-order valence-electron chi connectivity index (χ1n) is 4.87. The van der Waals surface area contributed by atoms with Gasteiger partial charge in [0.25, 0.3) is 0 Å². The summed E-state index contributed by atoms with van der Waals surface area (Å²) in [6.45, 7) is 0. The molecule has 2 unspecified atom stereocenters. The SMILES string of the molecule is COC(=O)NC1CCC=CCCC1I. The van der Waals surface area contributed by atoms with Gasteiger partial charge in [-0.25, -0.2) is 4.79 Å². The molecule has 0 saturated carbocycles. The zero-order chi connectivity index (χ0) is 10.4. The summed E-state index contributed by atoms with van der Waals surface area (Å²) in [7, 11) is 1.40. The van der Waals surface area contributed by atoms with Crippen molar-refractivity contribution in [3.8, 4) is 0 Å². The number of amides is 1. The Kier molecular flexibility index (Phi) is 5.29. The third kappa shape index (κ3) is 3.86. The van der Waals surface area contributed by atoms with Gasteiger partial charge in [0.2, 0.25) is 0 Å². The highest BCUT2D eigenvalue weighted by molar-refractivity contribution is 14.1. The third-order valence-electron chi connectivity index (χ3n) is 2.35. The van der Waals surface area contributed by atoms with Crippen molar-refractivity contribution in [2.45, 2.75) is 35.6 Å². The van der Waals surface area contributed by atoms with Gasteiger partial charge in [0.1, 0.15) is 0 Å². The van der Waals surface area contributed by atoms with Gasteiger partial charge in [0, 0.05) is 9.97 Å². The number of allylic oxidation sites excluding steroid dienone is 2. The molecule has 1 aliphatic carbocycles. The normalized spacial score (nSPS) is 27.6. The zero-order valence-corrected chi connectivity index (χ0v) is 10.5. The molecule has 0 aromatic heterocycles. The molecule has 1 N–H and O–H groups in total. The third-order valence-corrected chi connectivity index (χ3v) is 3.84. The first kappa shape index (κ1) is 11.8. The number of ether oxygens (including phenoxy) is 1. The summed E-state index contributed by atoms with van der Waals surface area (Å²) in [5.41, 5.74) is 0. The number of nitrogens with one attached hydrogen (secondary N) is 1. The number of rotatable bonds is 1. The molecule has 0 radical (unpaired) electrons. The van der Waals surface area contributed by atoms with Crippen LogP contribution in [0.5, 0.6) is 0 Å².